The van der Waals surface area contributed by atoms with E-state index in [0.717, 1.165) is 55.1 Å². The Bertz CT molecular complexity index is 980. The molecular formula is C22H26N4O. The van der Waals surface area contributed by atoms with Crippen molar-refractivity contribution in [2.45, 2.75) is 31.9 Å². The van der Waals surface area contributed by atoms with E-state index in [1.807, 2.05) is 25.3 Å². The van der Waals surface area contributed by atoms with Gasteiger partial charge in [0.05, 0.1) is 23.3 Å². The summed E-state index contributed by atoms with van der Waals surface area (Å²) in [4.78, 5) is 11.8. The van der Waals surface area contributed by atoms with Gasteiger partial charge in [-0.05, 0) is 49.4 Å². The third-order valence-electron chi connectivity index (χ3n) is 6.63. The van der Waals surface area contributed by atoms with E-state index < -0.39 is 5.60 Å². The molecule has 3 atom stereocenters. The molecule has 5 rings (SSSR count). The van der Waals surface area contributed by atoms with Gasteiger partial charge < -0.3 is 9.67 Å². The molecule has 1 aliphatic heterocycles. The Labute approximate surface area is 159 Å². The molecule has 2 aliphatic rings. The first kappa shape index (κ1) is 16.9. The van der Waals surface area contributed by atoms with Crippen molar-refractivity contribution in [3.05, 3.63) is 59.7 Å². The summed E-state index contributed by atoms with van der Waals surface area (Å²) in [5.74, 6) is 1.88. The van der Waals surface area contributed by atoms with Gasteiger partial charge in [-0.3, -0.25) is 9.88 Å². The molecule has 0 amide bonds. The summed E-state index contributed by atoms with van der Waals surface area (Å²) in [6.45, 7) is 4.80. The molecule has 1 saturated heterocycles. The summed E-state index contributed by atoms with van der Waals surface area (Å²) in [6, 6.07) is 12.3. The SMILES string of the molecule is Cc1ccc([C@]2(O)CC[C@H]3CN(Cc4nc5ccccc5n4C)C[C@H]32)nc1. The van der Waals surface area contributed by atoms with Gasteiger partial charge in [-0.2, -0.15) is 0 Å². The van der Waals surface area contributed by atoms with Crippen molar-refractivity contribution in [1.82, 2.24) is 19.4 Å². The zero-order valence-electron chi connectivity index (χ0n) is 16.0. The van der Waals surface area contributed by atoms with Gasteiger partial charge in [0, 0.05) is 32.3 Å². The lowest BCUT2D eigenvalue weighted by Gasteiger charge is -2.29. The topological polar surface area (TPSA) is 54.2 Å². The third-order valence-corrected chi connectivity index (χ3v) is 6.63. The highest BCUT2D eigenvalue weighted by Crippen LogP contribution is 2.50. The first-order valence-electron chi connectivity index (χ1n) is 9.83. The highest BCUT2D eigenvalue weighted by molar-refractivity contribution is 5.75. The van der Waals surface area contributed by atoms with Gasteiger partial charge in [0.25, 0.3) is 0 Å². The number of aryl methyl sites for hydroxylation is 2. The molecule has 2 fully saturated rings. The van der Waals surface area contributed by atoms with E-state index >= 15 is 0 Å². The molecule has 27 heavy (non-hydrogen) atoms. The molecule has 0 unspecified atom stereocenters. The van der Waals surface area contributed by atoms with Gasteiger partial charge in [-0.1, -0.05) is 18.2 Å². The summed E-state index contributed by atoms with van der Waals surface area (Å²) < 4.78 is 2.19. The van der Waals surface area contributed by atoms with Gasteiger partial charge in [0.15, 0.2) is 0 Å². The van der Waals surface area contributed by atoms with Gasteiger partial charge in [-0.25, -0.2) is 4.98 Å². The Balaban J connectivity index is 1.37. The quantitative estimate of drug-likeness (QED) is 0.778. The van der Waals surface area contributed by atoms with Crippen molar-refractivity contribution in [3.8, 4) is 0 Å². The predicted octanol–water partition coefficient (Wildman–Crippen LogP) is 3.01. The van der Waals surface area contributed by atoms with Crippen LogP contribution in [0.2, 0.25) is 0 Å². The zero-order valence-corrected chi connectivity index (χ0v) is 16.0. The van der Waals surface area contributed by atoms with E-state index in [9.17, 15) is 5.11 Å². The normalized spacial score (nSPS) is 28.1. The minimum atomic E-state index is -0.792. The summed E-state index contributed by atoms with van der Waals surface area (Å²) in [6.07, 6.45) is 3.75. The number of aromatic nitrogens is 3. The van der Waals surface area contributed by atoms with Crippen LogP contribution < -0.4 is 0 Å². The Morgan fingerprint density at radius 3 is 2.81 bits per heavy atom. The fourth-order valence-electron chi connectivity index (χ4n) is 5.09. The number of benzene rings is 1. The molecule has 3 heterocycles. The monoisotopic (exact) mass is 362 g/mol. The van der Waals surface area contributed by atoms with Crippen LogP contribution >= 0.6 is 0 Å². The first-order valence-corrected chi connectivity index (χ1v) is 9.83. The van der Waals surface area contributed by atoms with Crippen molar-refractivity contribution in [2.24, 2.45) is 18.9 Å². The third kappa shape index (κ3) is 2.68. The van der Waals surface area contributed by atoms with Crippen LogP contribution in [0.5, 0.6) is 0 Å². The molecule has 0 radical (unpaired) electrons. The van der Waals surface area contributed by atoms with Gasteiger partial charge >= 0.3 is 0 Å². The number of hydrogen-bond donors (Lipinski definition) is 1. The Hall–Kier alpha value is -2.24. The van der Waals surface area contributed by atoms with Gasteiger partial charge in [0.1, 0.15) is 11.4 Å². The van der Waals surface area contributed by atoms with E-state index in [1.54, 1.807) is 0 Å². The maximum Gasteiger partial charge on any atom is 0.123 e. The Morgan fingerprint density at radius 1 is 1.19 bits per heavy atom. The number of pyridine rings is 1. The summed E-state index contributed by atoms with van der Waals surface area (Å²) >= 11 is 0. The molecule has 1 saturated carbocycles. The van der Waals surface area contributed by atoms with Crippen LogP contribution in [-0.4, -0.2) is 37.6 Å². The minimum absolute atomic E-state index is 0.252. The number of nitrogens with zero attached hydrogens (tertiary/aromatic N) is 4. The average Bonchev–Trinajstić information content (AvgIpc) is 3.31. The minimum Gasteiger partial charge on any atom is -0.383 e. The van der Waals surface area contributed by atoms with Crippen LogP contribution in [0.15, 0.2) is 42.6 Å². The lowest BCUT2D eigenvalue weighted by Crippen LogP contribution is -2.35. The number of likely N-dealkylation sites (tertiary alicyclic amines) is 1. The molecule has 140 valence electrons. The maximum absolute atomic E-state index is 11.5. The molecule has 3 aromatic rings. The lowest BCUT2D eigenvalue weighted by molar-refractivity contribution is -0.0109. The van der Waals surface area contributed by atoms with E-state index in [0.29, 0.717) is 5.92 Å². The molecule has 2 aromatic heterocycles. The molecule has 0 spiro atoms. The van der Waals surface area contributed by atoms with Crippen molar-refractivity contribution < 1.29 is 5.11 Å². The molecule has 5 heteroatoms. The largest absolute Gasteiger partial charge is 0.383 e. The molecule has 1 aliphatic carbocycles. The molecule has 1 aromatic carbocycles. The highest BCUT2D eigenvalue weighted by atomic mass is 16.3. The second kappa shape index (κ2) is 6.14. The van der Waals surface area contributed by atoms with Crippen LogP contribution in [0.25, 0.3) is 11.0 Å². The smallest absolute Gasteiger partial charge is 0.123 e. The molecule has 0 bridgehead atoms. The maximum atomic E-state index is 11.5. The van der Waals surface area contributed by atoms with Crippen LogP contribution in [-0.2, 0) is 19.2 Å². The Kier molecular flexibility index (Phi) is 3.85. The summed E-state index contributed by atoms with van der Waals surface area (Å²) in [5.41, 5.74) is 3.40. The van der Waals surface area contributed by atoms with Crippen molar-refractivity contribution in [2.75, 3.05) is 13.1 Å². The fraction of sp³-hybridized carbons (Fsp3) is 0.455. The van der Waals surface area contributed by atoms with Crippen molar-refractivity contribution in [3.63, 3.8) is 0 Å². The predicted molar refractivity (Wildman–Crippen MR) is 105 cm³/mol. The van der Waals surface area contributed by atoms with E-state index in [2.05, 4.69) is 45.8 Å². The highest BCUT2D eigenvalue weighted by Gasteiger charge is 2.53. The van der Waals surface area contributed by atoms with E-state index in [-0.39, 0.29) is 5.92 Å². The number of imidazole rings is 1. The second-order valence-corrected chi connectivity index (χ2v) is 8.32. The van der Waals surface area contributed by atoms with Crippen LogP contribution in [0.4, 0.5) is 0 Å². The molecule has 1 N–H and O–H groups in total. The Morgan fingerprint density at radius 2 is 2.04 bits per heavy atom. The first-order chi connectivity index (χ1) is 13.0. The van der Waals surface area contributed by atoms with E-state index in [4.69, 9.17) is 4.98 Å². The summed E-state index contributed by atoms with van der Waals surface area (Å²) in [5, 5.41) is 11.5. The van der Waals surface area contributed by atoms with Gasteiger partial charge in [0.2, 0.25) is 0 Å². The van der Waals surface area contributed by atoms with E-state index in [1.165, 1.54) is 5.52 Å². The lowest BCUT2D eigenvalue weighted by atomic mass is 9.85. The fourth-order valence-corrected chi connectivity index (χ4v) is 5.09. The van der Waals surface area contributed by atoms with Crippen LogP contribution in [0.1, 0.15) is 29.9 Å². The number of para-hydroxylation sites is 2. The number of rotatable bonds is 3. The molecular weight excluding hydrogens is 336 g/mol. The number of hydrogen-bond acceptors (Lipinski definition) is 4. The van der Waals surface area contributed by atoms with Crippen LogP contribution in [0.3, 0.4) is 0 Å². The zero-order chi connectivity index (χ0) is 18.6. The van der Waals surface area contributed by atoms with Crippen molar-refractivity contribution in [1.29, 1.82) is 0 Å². The average molecular weight is 362 g/mol. The second-order valence-electron chi connectivity index (χ2n) is 8.32. The number of aliphatic hydroxyl groups is 1. The number of fused-ring (bicyclic) bond motifs is 2. The van der Waals surface area contributed by atoms with Crippen LogP contribution in [0, 0.1) is 18.8 Å². The summed E-state index contributed by atoms with van der Waals surface area (Å²) in [7, 11) is 2.09. The van der Waals surface area contributed by atoms with Gasteiger partial charge in [-0.15, -0.1) is 0 Å². The molecule has 5 nitrogen and oxygen atoms in total. The van der Waals surface area contributed by atoms with Crippen molar-refractivity contribution >= 4 is 11.0 Å². The standard InChI is InChI=1S/C22H26N4O/c1-15-7-8-20(23-11-15)22(27)10-9-16-12-26(13-17(16)22)14-21-24-18-5-3-4-6-19(18)25(21)2/h3-8,11,16-17,27H,9-10,12-14H2,1-2H3/t16-,17+,22-/m0/s1.